The fraction of sp³-hybridized carbons (Fsp3) is 0.333. The first-order valence-electron chi connectivity index (χ1n) is 2.88. The summed E-state index contributed by atoms with van der Waals surface area (Å²) in [5.74, 6) is -0.900. The number of aryl methyl sites for hydroxylation is 1. The molecule has 10 heavy (non-hydrogen) atoms. The molecule has 0 fully saturated rings. The summed E-state index contributed by atoms with van der Waals surface area (Å²) in [7, 11) is 3.48. The molecule has 4 heteroatoms. The van der Waals surface area contributed by atoms with E-state index in [-0.39, 0.29) is 0 Å². The fourth-order valence-corrected chi connectivity index (χ4v) is 0.766. The summed E-state index contributed by atoms with van der Waals surface area (Å²) < 4.78 is 3.26. The Labute approximate surface area is 58.3 Å². The van der Waals surface area contributed by atoms with E-state index in [1.54, 1.807) is 35.7 Å². The molecule has 1 N–H and O–H groups in total. The van der Waals surface area contributed by atoms with Crippen molar-refractivity contribution in [3.8, 4) is 0 Å². The van der Waals surface area contributed by atoms with Gasteiger partial charge in [-0.25, -0.2) is 4.79 Å². The standard InChI is InChI=1S/C6H8N2O2/c1-7-4-3-5(6(9)10)8(7)2/h3-4H,1-2H3/p+1. The largest absolute Gasteiger partial charge is 0.476 e. The maximum Gasteiger partial charge on any atom is 0.358 e. The molecule has 1 aromatic heterocycles. The van der Waals surface area contributed by atoms with Crippen LogP contribution in [0.2, 0.25) is 0 Å². The molecular weight excluding hydrogens is 132 g/mol. The summed E-state index contributed by atoms with van der Waals surface area (Å²) in [6.07, 6.45) is 1.70. The first kappa shape index (κ1) is 6.80. The van der Waals surface area contributed by atoms with Crippen molar-refractivity contribution in [3.05, 3.63) is 18.0 Å². The Kier molecular flexibility index (Phi) is 1.45. The van der Waals surface area contributed by atoms with Gasteiger partial charge in [-0.2, -0.15) is 0 Å². The molecule has 1 heterocycles. The SMILES string of the molecule is Cn1c(C(=O)O)cc[n+]1C. The zero-order valence-corrected chi connectivity index (χ0v) is 5.90. The molecule has 0 aromatic carbocycles. The summed E-state index contributed by atoms with van der Waals surface area (Å²) in [6.45, 7) is 0. The first-order valence-corrected chi connectivity index (χ1v) is 2.88. The van der Waals surface area contributed by atoms with Crippen molar-refractivity contribution in [3.63, 3.8) is 0 Å². The number of rotatable bonds is 1. The van der Waals surface area contributed by atoms with Crippen LogP contribution in [0, 0.1) is 0 Å². The molecular formula is C6H9N2O2+. The van der Waals surface area contributed by atoms with Crippen molar-refractivity contribution in [2.24, 2.45) is 14.1 Å². The quantitative estimate of drug-likeness (QED) is 0.538. The molecule has 0 aliphatic carbocycles. The third kappa shape index (κ3) is 0.877. The third-order valence-corrected chi connectivity index (χ3v) is 1.49. The third-order valence-electron chi connectivity index (χ3n) is 1.49. The summed E-state index contributed by atoms with van der Waals surface area (Å²) in [5, 5.41) is 8.54. The Morgan fingerprint density at radius 3 is 2.60 bits per heavy atom. The van der Waals surface area contributed by atoms with Gasteiger partial charge >= 0.3 is 5.97 Å². The van der Waals surface area contributed by atoms with Gasteiger partial charge < -0.3 is 5.11 Å². The average Bonchev–Trinajstić information content (AvgIpc) is 2.14. The van der Waals surface area contributed by atoms with E-state index in [1.807, 2.05) is 0 Å². The highest BCUT2D eigenvalue weighted by Crippen LogP contribution is 1.92. The molecule has 0 saturated heterocycles. The molecule has 0 atom stereocenters. The summed E-state index contributed by atoms with van der Waals surface area (Å²) in [4.78, 5) is 10.4. The van der Waals surface area contributed by atoms with Crippen LogP contribution in [0.5, 0.6) is 0 Å². The lowest BCUT2D eigenvalue weighted by Gasteiger charge is -1.90. The van der Waals surface area contributed by atoms with E-state index >= 15 is 0 Å². The van der Waals surface area contributed by atoms with Crippen molar-refractivity contribution < 1.29 is 14.6 Å². The van der Waals surface area contributed by atoms with E-state index < -0.39 is 5.97 Å². The van der Waals surface area contributed by atoms with Crippen molar-refractivity contribution >= 4 is 5.97 Å². The maximum absolute atomic E-state index is 10.4. The number of hydrogen-bond acceptors (Lipinski definition) is 1. The molecule has 0 radical (unpaired) electrons. The smallest absolute Gasteiger partial charge is 0.358 e. The Morgan fingerprint density at radius 2 is 2.40 bits per heavy atom. The highest BCUT2D eigenvalue weighted by atomic mass is 16.4. The monoisotopic (exact) mass is 141 g/mol. The van der Waals surface area contributed by atoms with Gasteiger partial charge in [0.1, 0.15) is 0 Å². The fourth-order valence-electron chi connectivity index (χ4n) is 0.766. The highest BCUT2D eigenvalue weighted by Gasteiger charge is 2.12. The number of carbonyl (C=O) groups is 1. The molecule has 0 bridgehead atoms. The van der Waals surface area contributed by atoms with E-state index in [0.717, 1.165) is 0 Å². The molecule has 0 saturated carbocycles. The second kappa shape index (κ2) is 2.13. The summed E-state index contributed by atoms with van der Waals surface area (Å²) in [5.41, 5.74) is 0.294. The van der Waals surface area contributed by atoms with Crippen molar-refractivity contribution in [2.75, 3.05) is 0 Å². The Bertz CT molecular complexity index is 265. The Morgan fingerprint density at radius 1 is 1.80 bits per heavy atom. The topological polar surface area (TPSA) is 46.1 Å². The van der Waals surface area contributed by atoms with Gasteiger partial charge in [-0.3, -0.25) is 0 Å². The van der Waals surface area contributed by atoms with Gasteiger partial charge in [0.15, 0.2) is 18.9 Å². The Balaban J connectivity index is 3.17. The summed E-state index contributed by atoms with van der Waals surface area (Å²) >= 11 is 0. The van der Waals surface area contributed by atoms with Crippen LogP contribution >= 0.6 is 0 Å². The molecule has 0 aliphatic rings. The van der Waals surface area contributed by atoms with Crippen LogP contribution in [0.25, 0.3) is 0 Å². The van der Waals surface area contributed by atoms with Gasteiger partial charge in [-0.15, -0.1) is 9.36 Å². The van der Waals surface area contributed by atoms with E-state index in [4.69, 9.17) is 5.11 Å². The molecule has 1 rings (SSSR count). The lowest BCUT2D eigenvalue weighted by atomic mass is 10.4. The average molecular weight is 141 g/mol. The van der Waals surface area contributed by atoms with Gasteiger partial charge in [0, 0.05) is 6.07 Å². The van der Waals surface area contributed by atoms with E-state index in [9.17, 15) is 4.79 Å². The van der Waals surface area contributed by atoms with Crippen molar-refractivity contribution in [2.45, 2.75) is 0 Å². The van der Waals surface area contributed by atoms with Gasteiger partial charge in [-0.1, -0.05) is 0 Å². The van der Waals surface area contributed by atoms with Crippen LogP contribution in [0.4, 0.5) is 0 Å². The normalized spacial score (nSPS) is 9.80. The minimum atomic E-state index is -0.900. The van der Waals surface area contributed by atoms with E-state index in [1.165, 1.54) is 0 Å². The molecule has 1 aromatic rings. The number of hydrogen-bond donors (Lipinski definition) is 1. The predicted molar refractivity (Wildman–Crippen MR) is 33.5 cm³/mol. The molecule has 0 aliphatic heterocycles. The number of nitrogens with zero attached hydrogens (tertiary/aromatic N) is 2. The zero-order valence-electron chi connectivity index (χ0n) is 5.90. The van der Waals surface area contributed by atoms with Gasteiger partial charge in [0.25, 0.3) is 0 Å². The molecule has 4 nitrogen and oxygen atoms in total. The van der Waals surface area contributed by atoms with Gasteiger partial charge in [-0.05, 0) is 0 Å². The highest BCUT2D eigenvalue weighted by molar-refractivity contribution is 5.85. The van der Waals surface area contributed by atoms with Crippen LogP contribution in [0.15, 0.2) is 12.3 Å². The minimum Gasteiger partial charge on any atom is -0.476 e. The van der Waals surface area contributed by atoms with Crippen LogP contribution in [0.3, 0.4) is 0 Å². The predicted octanol–water partition coefficient (Wildman–Crippen LogP) is -0.452. The van der Waals surface area contributed by atoms with Crippen molar-refractivity contribution in [1.82, 2.24) is 4.68 Å². The van der Waals surface area contributed by atoms with Crippen LogP contribution in [-0.2, 0) is 14.1 Å². The molecule has 54 valence electrons. The first-order chi connectivity index (χ1) is 4.63. The van der Waals surface area contributed by atoms with Gasteiger partial charge in [0.2, 0.25) is 0 Å². The zero-order chi connectivity index (χ0) is 7.72. The molecule has 0 unspecified atom stereocenters. The van der Waals surface area contributed by atoms with Crippen LogP contribution in [0.1, 0.15) is 10.5 Å². The lowest BCUT2D eigenvalue weighted by Crippen LogP contribution is -2.37. The van der Waals surface area contributed by atoms with Gasteiger partial charge in [0.05, 0.1) is 7.05 Å². The van der Waals surface area contributed by atoms with E-state index in [0.29, 0.717) is 5.69 Å². The number of carboxylic acids is 1. The second-order valence-corrected chi connectivity index (χ2v) is 2.10. The Hall–Kier alpha value is -1.32. The molecule has 0 amide bonds. The number of carboxylic acid groups (broad SMARTS) is 1. The molecule has 0 spiro atoms. The number of aromatic nitrogens is 2. The van der Waals surface area contributed by atoms with Crippen LogP contribution in [-0.4, -0.2) is 15.8 Å². The lowest BCUT2D eigenvalue weighted by molar-refractivity contribution is -0.751. The number of aromatic carboxylic acids is 1. The maximum atomic E-state index is 10.4. The van der Waals surface area contributed by atoms with E-state index in [2.05, 4.69) is 0 Å². The summed E-state index contributed by atoms with van der Waals surface area (Å²) in [6, 6.07) is 1.56. The second-order valence-electron chi connectivity index (χ2n) is 2.10. The minimum absolute atomic E-state index is 0.294. The van der Waals surface area contributed by atoms with Crippen molar-refractivity contribution in [1.29, 1.82) is 0 Å². The van der Waals surface area contributed by atoms with Crippen LogP contribution < -0.4 is 4.68 Å².